The normalized spacial score (nSPS) is 36.1. The first kappa shape index (κ1) is 16.4. The zero-order valence-electron chi connectivity index (χ0n) is 16.3. The van der Waals surface area contributed by atoms with E-state index in [1.54, 1.807) is 0 Å². The third-order valence-corrected chi connectivity index (χ3v) is 8.42. The summed E-state index contributed by atoms with van der Waals surface area (Å²) in [5.41, 5.74) is 11.5. The molecule has 0 aromatic carbocycles. The van der Waals surface area contributed by atoms with E-state index in [0.717, 1.165) is 17.8 Å². The second kappa shape index (κ2) is 6.75. The minimum atomic E-state index is 0.891. The van der Waals surface area contributed by atoms with E-state index in [1.165, 1.54) is 96.3 Å². The first-order valence-corrected chi connectivity index (χ1v) is 11.4. The molecule has 0 saturated heterocycles. The Morgan fingerprint density at radius 3 is 1.96 bits per heavy atom. The van der Waals surface area contributed by atoms with Crippen molar-refractivity contribution in [3.05, 3.63) is 33.4 Å². The highest BCUT2D eigenvalue weighted by Gasteiger charge is 2.38. The van der Waals surface area contributed by atoms with Crippen molar-refractivity contribution in [2.24, 2.45) is 17.8 Å². The van der Waals surface area contributed by atoms with E-state index in [-0.39, 0.29) is 0 Å². The predicted octanol–water partition coefficient (Wildman–Crippen LogP) is 7.66. The lowest BCUT2D eigenvalue weighted by Crippen LogP contribution is -2.30. The van der Waals surface area contributed by atoms with E-state index >= 15 is 0 Å². The van der Waals surface area contributed by atoms with Crippen LogP contribution in [0, 0.1) is 17.8 Å². The lowest BCUT2D eigenvalue weighted by Gasteiger charge is -2.44. The molecule has 5 aliphatic rings. The maximum Gasteiger partial charge on any atom is -0.00999 e. The summed E-state index contributed by atoms with van der Waals surface area (Å²) in [4.78, 5) is 0. The lowest BCUT2D eigenvalue weighted by atomic mass is 9.61. The Labute approximate surface area is 154 Å². The topological polar surface area (TPSA) is 0 Å². The van der Waals surface area contributed by atoms with Gasteiger partial charge >= 0.3 is 0 Å². The van der Waals surface area contributed by atoms with Crippen LogP contribution >= 0.6 is 0 Å². The molecular formula is C25H36. The summed E-state index contributed by atoms with van der Waals surface area (Å²) in [6, 6.07) is 0. The van der Waals surface area contributed by atoms with Gasteiger partial charge in [-0.25, -0.2) is 0 Å². The quantitative estimate of drug-likeness (QED) is 0.431. The van der Waals surface area contributed by atoms with Gasteiger partial charge in [-0.3, -0.25) is 0 Å². The highest BCUT2D eigenvalue weighted by Crippen LogP contribution is 2.52. The van der Waals surface area contributed by atoms with Crippen molar-refractivity contribution in [3.63, 3.8) is 0 Å². The van der Waals surface area contributed by atoms with E-state index in [1.807, 2.05) is 33.4 Å². The maximum absolute atomic E-state index is 2.52. The van der Waals surface area contributed by atoms with Crippen molar-refractivity contribution in [2.45, 2.75) is 103 Å². The summed E-state index contributed by atoms with van der Waals surface area (Å²) in [7, 11) is 0. The highest BCUT2D eigenvalue weighted by atomic mass is 14.4. The second-order valence-corrected chi connectivity index (χ2v) is 9.74. The molecular weight excluding hydrogens is 300 g/mol. The van der Waals surface area contributed by atoms with E-state index in [4.69, 9.17) is 0 Å². The molecule has 0 saturated carbocycles. The molecule has 25 heavy (non-hydrogen) atoms. The standard InChI is InChI=1S/C25H36/c1-17-7-4-12-22-21(17)11-6-14-23(22)24-13-5-10-20-15-18-8-2-3-9-19(18)16-25(20)24/h17,23-24H,2-16H2,1H3. The van der Waals surface area contributed by atoms with Gasteiger partial charge in [-0.15, -0.1) is 0 Å². The van der Waals surface area contributed by atoms with E-state index in [0.29, 0.717) is 0 Å². The van der Waals surface area contributed by atoms with Crippen LogP contribution in [0.4, 0.5) is 0 Å². The Morgan fingerprint density at radius 2 is 1.12 bits per heavy atom. The first-order chi connectivity index (χ1) is 12.3. The van der Waals surface area contributed by atoms with Gasteiger partial charge in [0.1, 0.15) is 0 Å². The third kappa shape index (κ3) is 2.88. The second-order valence-electron chi connectivity index (χ2n) is 9.74. The summed E-state index contributed by atoms with van der Waals surface area (Å²) >= 11 is 0. The molecule has 0 amide bonds. The molecule has 0 heterocycles. The predicted molar refractivity (Wildman–Crippen MR) is 106 cm³/mol. The van der Waals surface area contributed by atoms with Crippen molar-refractivity contribution in [1.29, 1.82) is 0 Å². The Balaban J connectivity index is 1.46. The molecule has 3 unspecified atom stereocenters. The van der Waals surface area contributed by atoms with E-state index in [2.05, 4.69) is 6.92 Å². The van der Waals surface area contributed by atoms with Crippen molar-refractivity contribution in [1.82, 2.24) is 0 Å². The largest absolute Gasteiger partial charge is 0.0679 e. The maximum atomic E-state index is 2.52. The number of hydrogen-bond donors (Lipinski definition) is 0. The van der Waals surface area contributed by atoms with Crippen LogP contribution in [0.25, 0.3) is 0 Å². The summed E-state index contributed by atoms with van der Waals surface area (Å²) in [5.74, 6) is 2.75. The van der Waals surface area contributed by atoms with E-state index in [9.17, 15) is 0 Å². The van der Waals surface area contributed by atoms with Gasteiger partial charge in [-0.05, 0) is 114 Å². The monoisotopic (exact) mass is 336 g/mol. The fourth-order valence-electron chi connectivity index (χ4n) is 7.19. The number of rotatable bonds is 1. The molecule has 136 valence electrons. The van der Waals surface area contributed by atoms with Gasteiger partial charge in [0.2, 0.25) is 0 Å². The molecule has 0 radical (unpaired) electrons. The van der Waals surface area contributed by atoms with Gasteiger partial charge in [-0.2, -0.15) is 0 Å². The molecule has 0 bridgehead atoms. The van der Waals surface area contributed by atoms with Gasteiger partial charge < -0.3 is 0 Å². The van der Waals surface area contributed by atoms with Crippen LogP contribution in [0.2, 0.25) is 0 Å². The van der Waals surface area contributed by atoms with Gasteiger partial charge in [0.25, 0.3) is 0 Å². The van der Waals surface area contributed by atoms with E-state index < -0.39 is 0 Å². The van der Waals surface area contributed by atoms with Crippen molar-refractivity contribution >= 4 is 0 Å². The van der Waals surface area contributed by atoms with Crippen molar-refractivity contribution < 1.29 is 0 Å². The summed E-state index contributed by atoms with van der Waals surface area (Å²) < 4.78 is 0. The Hall–Kier alpha value is -0.780. The highest BCUT2D eigenvalue weighted by molar-refractivity contribution is 5.40. The smallest absolute Gasteiger partial charge is 0.00999 e. The number of hydrogen-bond acceptors (Lipinski definition) is 0. The summed E-state index contributed by atoms with van der Waals surface area (Å²) in [5, 5.41) is 0. The molecule has 0 fully saturated rings. The Kier molecular flexibility index (Phi) is 4.43. The van der Waals surface area contributed by atoms with Crippen LogP contribution in [-0.4, -0.2) is 0 Å². The Bertz CT molecular complexity index is 641. The molecule has 0 aliphatic heterocycles. The van der Waals surface area contributed by atoms with Crippen LogP contribution in [0.3, 0.4) is 0 Å². The first-order valence-electron chi connectivity index (χ1n) is 11.4. The SMILES string of the molecule is CC1CCCC2=C1CCCC2C1CCCC2=C1CC1=C(CCCC1)C2. The van der Waals surface area contributed by atoms with Crippen LogP contribution in [0.15, 0.2) is 33.4 Å². The van der Waals surface area contributed by atoms with Crippen molar-refractivity contribution in [2.75, 3.05) is 0 Å². The molecule has 3 atom stereocenters. The third-order valence-electron chi connectivity index (χ3n) is 8.42. The molecule has 5 aliphatic carbocycles. The van der Waals surface area contributed by atoms with Crippen LogP contribution in [0.5, 0.6) is 0 Å². The fourth-order valence-corrected chi connectivity index (χ4v) is 7.19. The minimum Gasteiger partial charge on any atom is -0.0679 e. The molecule has 0 aromatic heterocycles. The summed E-state index contributed by atoms with van der Waals surface area (Å²) in [6.45, 7) is 2.52. The average Bonchev–Trinajstić information content (AvgIpc) is 2.66. The molecule has 0 spiro atoms. The van der Waals surface area contributed by atoms with Gasteiger partial charge in [0.15, 0.2) is 0 Å². The minimum absolute atomic E-state index is 0.891. The molecule has 0 heteroatoms. The van der Waals surface area contributed by atoms with Gasteiger partial charge in [0.05, 0.1) is 0 Å². The Morgan fingerprint density at radius 1 is 0.520 bits per heavy atom. The molecule has 0 nitrogen and oxygen atoms in total. The number of allylic oxidation sites excluding steroid dienone is 6. The van der Waals surface area contributed by atoms with Gasteiger partial charge in [0, 0.05) is 0 Å². The van der Waals surface area contributed by atoms with Crippen LogP contribution in [-0.2, 0) is 0 Å². The van der Waals surface area contributed by atoms with Gasteiger partial charge in [-0.1, -0.05) is 40.4 Å². The fraction of sp³-hybridized carbons (Fsp3) is 0.760. The van der Waals surface area contributed by atoms with Crippen LogP contribution in [0.1, 0.15) is 103 Å². The zero-order chi connectivity index (χ0) is 16.8. The lowest BCUT2D eigenvalue weighted by molar-refractivity contribution is 0.299. The summed E-state index contributed by atoms with van der Waals surface area (Å²) in [6.07, 6.45) is 21.7. The zero-order valence-corrected chi connectivity index (χ0v) is 16.3. The molecule has 0 aromatic rings. The van der Waals surface area contributed by atoms with Crippen LogP contribution < -0.4 is 0 Å². The molecule has 5 rings (SSSR count). The van der Waals surface area contributed by atoms with Crippen molar-refractivity contribution in [3.8, 4) is 0 Å². The molecule has 0 N–H and O–H groups in total. The average molecular weight is 337 g/mol.